The summed E-state index contributed by atoms with van der Waals surface area (Å²) in [5.74, 6) is 0.711. The Balaban J connectivity index is 2.24. The van der Waals surface area contributed by atoms with Crippen molar-refractivity contribution in [3.63, 3.8) is 0 Å². The maximum Gasteiger partial charge on any atom is 0.174 e. The van der Waals surface area contributed by atoms with Gasteiger partial charge in [0.1, 0.15) is 11.8 Å². The minimum Gasteiger partial charge on any atom is -0.479 e. The van der Waals surface area contributed by atoms with Gasteiger partial charge in [0.15, 0.2) is 6.61 Å². The quantitative estimate of drug-likeness (QED) is 0.759. The summed E-state index contributed by atoms with van der Waals surface area (Å²) in [5, 5.41) is 8.40. The second-order valence-electron chi connectivity index (χ2n) is 3.03. The van der Waals surface area contributed by atoms with Crippen LogP contribution in [0.5, 0.6) is 5.75 Å². The Morgan fingerprint density at radius 1 is 1.20 bits per heavy atom. The van der Waals surface area contributed by atoms with Crippen molar-refractivity contribution in [1.82, 2.24) is 4.57 Å². The molecular formula is C12H10N2O. The normalized spacial score (nSPS) is 9.53. The van der Waals surface area contributed by atoms with Gasteiger partial charge in [-0.25, -0.2) is 0 Å². The lowest BCUT2D eigenvalue weighted by molar-refractivity contribution is 0.368. The molecule has 15 heavy (non-hydrogen) atoms. The van der Waals surface area contributed by atoms with E-state index in [1.54, 1.807) is 0 Å². The van der Waals surface area contributed by atoms with Crippen LogP contribution in [0.2, 0.25) is 0 Å². The van der Waals surface area contributed by atoms with Gasteiger partial charge in [0, 0.05) is 24.1 Å². The molecule has 0 saturated heterocycles. The lowest BCUT2D eigenvalue weighted by Crippen LogP contribution is -1.95. The van der Waals surface area contributed by atoms with Crippen LogP contribution in [0.4, 0.5) is 0 Å². The number of nitriles is 1. The Labute approximate surface area is 88.1 Å². The van der Waals surface area contributed by atoms with Gasteiger partial charge in [0.2, 0.25) is 0 Å². The van der Waals surface area contributed by atoms with Crippen molar-refractivity contribution in [2.45, 2.75) is 0 Å². The molecule has 0 bridgehead atoms. The standard InChI is InChI=1S/C12H10N2O/c13-6-9-15-12-5-3-4-11(10-12)14-7-1-2-8-14/h1-5,7-8,10H,9H2. The molecule has 3 nitrogen and oxygen atoms in total. The molecule has 0 saturated carbocycles. The van der Waals surface area contributed by atoms with E-state index in [4.69, 9.17) is 10.00 Å². The summed E-state index contributed by atoms with van der Waals surface area (Å²) in [4.78, 5) is 0. The second-order valence-corrected chi connectivity index (χ2v) is 3.03. The molecule has 0 unspecified atom stereocenters. The van der Waals surface area contributed by atoms with Crippen LogP contribution in [0.25, 0.3) is 5.69 Å². The number of hydrogen-bond donors (Lipinski definition) is 0. The molecule has 0 aliphatic heterocycles. The Morgan fingerprint density at radius 2 is 2.00 bits per heavy atom. The van der Waals surface area contributed by atoms with E-state index in [1.807, 2.05) is 59.4 Å². The first-order valence-electron chi connectivity index (χ1n) is 4.63. The Hall–Kier alpha value is -2.21. The molecule has 0 spiro atoms. The molecule has 2 aromatic rings. The summed E-state index contributed by atoms with van der Waals surface area (Å²) in [6.07, 6.45) is 3.92. The number of benzene rings is 1. The number of nitrogens with zero attached hydrogens (tertiary/aromatic N) is 2. The molecule has 0 N–H and O–H groups in total. The maximum absolute atomic E-state index is 8.40. The van der Waals surface area contributed by atoms with E-state index < -0.39 is 0 Å². The smallest absolute Gasteiger partial charge is 0.174 e. The third kappa shape index (κ3) is 2.18. The predicted octanol–water partition coefficient (Wildman–Crippen LogP) is 2.38. The average Bonchev–Trinajstić information content (AvgIpc) is 2.80. The molecule has 0 radical (unpaired) electrons. The maximum atomic E-state index is 8.40. The molecule has 0 amide bonds. The lowest BCUT2D eigenvalue weighted by atomic mass is 10.3. The molecule has 1 heterocycles. The van der Waals surface area contributed by atoms with Gasteiger partial charge in [-0.3, -0.25) is 0 Å². The monoisotopic (exact) mass is 198 g/mol. The first kappa shape index (κ1) is 9.35. The van der Waals surface area contributed by atoms with Crippen LogP contribution in [0, 0.1) is 11.3 Å². The topological polar surface area (TPSA) is 37.9 Å². The van der Waals surface area contributed by atoms with Gasteiger partial charge >= 0.3 is 0 Å². The molecular weight excluding hydrogens is 188 g/mol. The molecule has 0 fully saturated rings. The summed E-state index contributed by atoms with van der Waals surface area (Å²) in [7, 11) is 0. The zero-order chi connectivity index (χ0) is 10.5. The van der Waals surface area contributed by atoms with Gasteiger partial charge in [0.05, 0.1) is 0 Å². The third-order valence-corrected chi connectivity index (χ3v) is 2.02. The molecule has 3 heteroatoms. The molecule has 2 rings (SSSR count). The number of rotatable bonds is 3. The highest BCUT2D eigenvalue weighted by atomic mass is 16.5. The van der Waals surface area contributed by atoms with Gasteiger partial charge < -0.3 is 9.30 Å². The van der Waals surface area contributed by atoms with E-state index >= 15 is 0 Å². The van der Waals surface area contributed by atoms with Crippen LogP contribution < -0.4 is 4.74 Å². The van der Waals surface area contributed by atoms with Crippen molar-refractivity contribution >= 4 is 0 Å². The number of ether oxygens (including phenoxy) is 1. The van der Waals surface area contributed by atoms with Gasteiger partial charge in [-0.15, -0.1) is 0 Å². The zero-order valence-electron chi connectivity index (χ0n) is 8.13. The molecule has 1 aromatic carbocycles. The van der Waals surface area contributed by atoms with Crippen LogP contribution in [0.3, 0.4) is 0 Å². The van der Waals surface area contributed by atoms with E-state index in [9.17, 15) is 0 Å². The van der Waals surface area contributed by atoms with Crippen molar-refractivity contribution in [3.05, 3.63) is 48.8 Å². The highest BCUT2D eigenvalue weighted by Gasteiger charge is 1.97. The summed E-state index contributed by atoms with van der Waals surface area (Å²) in [6, 6.07) is 13.5. The van der Waals surface area contributed by atoms with E-state index in [-0.39, 0.29) is 6.61 Å². The van der Waals surface area contributed by atoms with Crippen LogP contribution >= 0.6 is 0 Å². The number of hydrogen-bond acceptors (Lipinski definition) is 2. The first-order chi connectivity index (χ1) is 7.40. The fourth-order valence-corrected chi connectivity index (χ4v) is 1.36. The van der Waals surface area contributed by atoms with Crippen LogP contribution in [0.15, 0.2) is 48.8 Å². The lowest BCUT2D eigenvalue weighted by Gasteiger charge is -2.05. The molecule has 0 aliphatic rings. The van der Waals surface area contributed by atoms with Crippen molar-refractivity contribution in [2.24, 2.45) is 0 Å². The van der Waals surface area contributed by atoms with Crippen LogP contribution in [0.1, 0.15) is 0 Å². The minimum atomic E-state index is 0.0785. The fraction of sp³-hybridized carbons (Fsp3) is 0.0833. The second kappa shape index (κ2) is 4.34. The third-order valence-electron chi connectivity index (χ3n) is 2.02. The highest BCUT2D eigenvalue weighted by Crippen LogP contribution is 2.16. The van der Waals surface area contributed by atoms with Gasteiger partial charge in [-0.2, -0.15) is 5.26 Å². The van der Waals surface area contributed by atoms with Gasteiger partial charge in [-0.05, 0) is 24.3 Å². The van der Waals surface area contributed by atoms with E-state index in [0.717, 1.165) is 5.69 Å². The zero-order valence-corrected chi connectivity index (χ0v) is 8.13. The Morgan fingerprint density at radius 3 is 2.73 bits per heavy atom. The molecule has 74 valence electrons. The van der Waals surface area contributed by atoms with Crippen LogP contribution in [-0.4, -0.2) is 11.2 Å². The molecule has 1 aromatic heterocycles. The van der Waals surface area contributed by atoms with Crippen molar-refractivity contribution in [2.75, 3.05) is 6.61 Å². The van der Waals surface area contributed by atoms with Crippen molar-refractivity contribution < 1.29 is 4.74 Å². The fourth-order valence-electron chi connectivity index (χ4n) is 1.36. The predicted molar refractivity (Wildman–Crippen MR) is 56.9 cm³/mol. The van der Waals surface area contributed by atoms with E-state index in [1.165, 1.54) is 0 Å². The summed E-state index contributed by atoms with van der Waals surface area (Å²) >= 11 is 0. The number of aromatic nitrogens is 1. The van der Waals surface area contributed by atoms with Gasteiger partial charge in [-0.1, -0.05) is 6.07 Å². The van der Waals surface area contributed by atoms with Crippen molar-refractivity contribution in [1.29, 1.82) is 5.26 Å². The molecule has 0 aliphatic carbocycles. The minimum absolute atomic E-state index is 0.0785. The first-order valence-corrected chi connectivity index (χ1v) is 4.63. The SMILES string of the molecule is N#CCOc1cccc(-n2cccc2)c1. The van der Waals surface area contributed by atoms with E-state index in [0.29, 0.717) is 5.75 Å². The highest BCUT2D eigenvalue weighted by molar-refractivity contribution is 5.39. The summed E-state index contributed by atoms with van der Waals surface area (Å²) in [5.41, 5.74) is 1.02. The molecule has 0 atom stereocenters. The average molecular weight is 198 g/mol. The van der Waals surface area contributed by atoms with Crippen molar-refractivity contribution in [3.8, 4) is 17.5 Å². The van der Waals surface area contributed by atoms with Gasteiger partial charge in [0.25, 0.3) is 0 Å². The summed E-state index contributed by atoms with van der Waals surface area (Å²) < 4.78 is 7.20. The largest absolute Gasteiger partial charge is 0.479 e. The van der Waals surface area contributed by atoms with Crippen LogP contribution in [-0.2, 0) is 0 Å². The summed E-state index contributed by atoms with van der Waals surface area (Å²) in [6.45, 7) is 0.0785. The Kier molecular flexibility index (Phi) is 2.70. The Bertz CT molecular complexity index is 469. The van der Waals surface area contributed by atoms with E-state index in [2.05, 4.69) is 0 Å².